The van der Waals surface area contributed by atoms with Gasteiger partial charge in [-0.3, -0.25) is 19.3 Å². The van der Waals surface area contributed by atoms with Gasteiger partial charge in [0.25, 0.3) is 11.8 Å². The zero-order valence-corrected chi connectivity index (χ0v) is 22.9. The van der Waals surface area contributed by atoms with E-state index in [0.717, 1.165) is 28.0 Å². The number of aliphatic carboxylic acids is 1. The Morgan fingerprint density at radius 2 is 2.10 bits per heavy atom. The highest BCUT2D eigenvalue weighted by Gasteiger charge is 2.54. The normalized spacial score (nSPS) is 22.6. The standard InChI is InChI=1S/C23H25F3N6O6S2/c1-10(2)6-38-30-14(13-8-40-22(27)28-13)17(33)29-15-19(35)32-16(21(36)37)12(7-39-20(15)32)5-11-3-4-31(18(11)34)9-23(24,25)26/h5,8,10,15,20H,3-4,6-7,9H2,1-2H3,(H2,27,28)(H,29,33)(H,36,37)/b11-5+,30-14-/t15-,20-/m1/s1. The molecule has 40 heavy (non-hydrogen) atoms. The quantitative estimate of drug-likeness (QED) is 0.164. The number of hydrogen-bond acceptors (Lipinski definition) is 10. The van der Waals surface area contributed by atoms with Gasteiger partial charge in [-0.25, -0.2) is 9.78 Å². The number of β-lactam (4-membered cyclic amide) rings is 1. The molecule has 0 spiro atoms. The average molecular weight is 603 g/mol. The summed E-state index contributed by atoms with van der Waals surface area (Å²) in [4.78, 5) is 61.6. The van der Waals surface area contributed by atoms with Crippen LogP contribution in [0, 0.1) is 5.92 Å². The van der Waals surface area contributed by atoms with Gasteiger partial charge in [0.15, 0.2) is 10.8 Å². The van der Waals surface area contributed by atoms with Gasteiger partial charge in [0.1, 0.15) is 36.0 Å². The van der Waals surface area contributed by atoms with Crippen LogP contribution in [0.15, 0.2) is 33.5 Å². The number of carboxylic acids is 1. The number of nitrogen functional groups attached to an aromatic ring is 1. The Morgan fingerprint density at radius 3 is 2.70 bits per heavy atom. The van der Waals surface area contributed by atoms with Gasteiger partial charge in [0.05, 0.1) is 0 Å². The van der Waals surface area contributed by atoms with Crippen LogP contribution in [0.3, 0.4) is 0 Å². The fraction of sp³-hybridized carbons (Fsp3) is 0.478. The van der Waals surface area contributed by atoms with Gasteiger partial charge in [-0.05, 0) is 24.0 Å². The zero-order chi connectivity index (χ0) is 29.4. The Morgan fingerprint density at radius 1 is 1.38 bits per heavy atom. The topological polar surface area (TPSA) is 168 Å². The van der Waals surface area contributed by atoms with Crippen LogP contribution in [-0.4, -0.2) is 92.3 Å². The van der Waals surface area contributed by atoms with Crippen molar-refractivity contribution in [3.05, 3.63) is 34.0 Å². The Hall–Kier alpha value is -3.60. The van der Waals surface area contributed by atoms with E-state index in [2.05, 4.69) is 15.5 Å². The number of nitrogens with zero attached hydrogens (tertiary/aromatic N) is 4. The molecule has 0 radical (unpaired) electrons. The van der Waals surface area contributed by atoms with Crippen LogP contribution in [-0.2, 0) is 24.0 Å². The van der Waals surface area contributed by atoms with Crippen molar-refractivity contribution in [1.29, 1.82) is 0 Å². The molecule has 1 aromatic rings. The molecule has 17 heteroatoms. The molecule has 0 bridgehead atoms. The second kappa shape index (κ2) is 11.5. The first-order chi connectivity index (χ1) is 18.8. The number of rotatable bonds is 9. The van der Waals surface area contributed by atoms with E-state index in [9.17, 15) is 37.5 Å². The molecule has 3 aliphatic rings. The minimum Gasteiger partial charge on any atom is -0.477 e. The molecule has 0 aromatic carbocycles. The van der Waals surface area contributed by atoms with E-state index >= 15 is 0 Å². The Balaban J connectivity index is 1.52. The minimum absolute atomic E-state index is 0.00810. The molecule has 0 unspecified atom stereocenters. The highest BCUT2D eigenvalue weighted by atomic mass is 32.2. The van der Waals surface area contributed by atoms with Gasteiger partial charge >= 0.3 is 12.1 Å². The summed E-state index contributed by atoms with van der Waals surface area (Å²) in [6, 6.07) is -1.09. The van der Waals surface area contributed by atoms with E-state index < -0.39 is 53.5 Å². The van der Waals surface area contributed by atoms with Crippen molar-refractivity contribution >= 4 is 57.6 Å². The van der Waals surface area contributed by atoms with Crippen molar-refractivity contribution in [3.8, 4) is 0 Å². The van der Waals surface area contributed by atoms with E-state index in [-0.39, 0.29) is 58.9 Å². The van der Waals surface area contributed by atoms with E-state index in [1.807, 2.05) is 13.8 Å². The number of fused-ring (bicyclic) bond motifs is 1. The maximum Gasteiger partial charge on any atom is 0.406 e. The molecule has 2 fully saturated rings. The highest BCUT2D eigenvalue weighted by Crippen LogP contribution is 2.41. The third-order valence-electron chi connectivity index (χ3n) is 5.96. The monoisotopic (exact) mass is 602 g/mol. The van der Waals surface area contributed by atoms with Crippen LogP contribution < -0.4 is 11.1 Å². The summed E-state index contributed by atoms with van der Waals surface area (Å²) in [5.74, 6) is -3.62. The number of likely N-dealkylation sites (tertiary alicyclic amines) is 1. The van der Waals surface area contributed by atoms with Gasteiger partial charge in [0, 0.05) is 23.3 Å². The number of nitrogens with two attached hydrogens (primary N) is 1. The molecule has 1 aromatic heterocycles. The van der Waals surface area contributed by atoms with E-state index in [0.29, 0.717) is 4.90 Å². The molecule has 2 atom stereocenters. The van der Waals surface area contributed by atoms with Crippen molar-refractivity contribution in [3.63, 3.8) is 0 Å². The van der Waals surface area contributed by atoms with Gasteiger partial charge in [-0.1, -0.05) is 19.0 Å². The molecular weight excluding hydrogens is 577 g/mol. The van der Waals surface area contributed by atoms with E-state index in [4.69, 9.17) is 10.6 Å². The SMILES string of the molecule is CC(C)CO/N=C(\C(=O)N[C@@H]1C(=O)N2C(C(=O)O)=C(/C=C3\CCN(CC(F)(F)F)C3=O)CS[C@H]12)c1csc(N)n1. The summed E-state index contributed by atoms with van der Waals surface area (Å²) in [6.07, 6.45) is -3.31. The molecule has 2 saturated heterocycles. The molecule has 4 rings (SSSR count). The third-order valence-corrected chi connectivity index (χ3v) is 7.94. The number of halogens is 3. The van der Waals surface area contributed by atoms with Gasteiger partial charge in [0.2, 0.25) is 5.91 Å². The van der Waals surface area contributed by atoms with Crippen molar-refractivity contribution in [1.82, 2.24) is 20.1 Å². The second-order valence-corrected chi connectivity index (χ2v) is 11.5. The predicted octanol–water partition coefficient (Wildman–Crippen LogP) is 1.56. The number of aromatic nitrogens is 1. The van der Waals surface area contributed by atoms with E-state index in [1.165, 1.54) is 11.5 Å². The molecule has 4 heterocycles. The lowest BCUT2D eigenvalue weighted by atomic mass is 10.0. The van der Waals surface area contributed by atoms with Gasteiger partial charge in [-0.2, -0.15) is 13.2 Å². The van der Waals surface area contributed by atoms with Crippen molar-refractivity contribution in [2.24, 2.45) is 11.1 Å². The number of amides is 3. The first-order valence-corrected chi connectivity index (χ1v) is 13.9. The summed E-state index contributed by atoms with van der Waals surface area (Å²) >= 11 is 2.22. The number of carbonyl (C=O) groups excluding carboxylic acids is 3. The summed E-state index contributed by atoms with van der Waals surface area (Å²) in [7, 11) is 0. The Labute approximate surface area is 234 Å². The molecule has 0 aliphatic carbocycles. The lowest BCUT2D eigenvalue weighted by Gasteiger charge is -2.49. The molecule has 4 N–H and O–H groups in total. The summed E-state index contributed by atoms with van der Waals surface area (Å²) in [5, 5.41) is 17.2. The number of carboxylic acid groups (broad SMARTS) is 1. The molecule has 3 amide bonds. The maximum atomic E-state index is 13.1. The highest BCUT2D eigenvalue weighted by molar-refractivity contribution is 8.00. The second-order valence-electron chi connectivity index (χ2n) is 9.50. The maximum absolute atomic E-state index is 13.1. The number of allylic oxidation sites excluding steroid dienone is 1. The molecule has 3 aliphatic heterocycles. The van der Waals surface area contributed by atoms with Crippen LogP contribution in [0.4, 0.5) is 18.3 Å². The summed E-state index contributed by atoms with van der Waals surface area (Å²) < 4.78 is 38.2. The summed E-state index contributed by atoms with van der Waals surface area (Å²) in [6.45, 7) is 2.43. The van der Waals surface area contributed by atoms with Crippen LogP contribution in [0.5, 0.6) is 0 Å². The fourth-order valence-electron chi connectivity index (χ4n) is 4.19. The van der Waals surface area contributed by atoms with Crippen molar-refractivity contribution < 1.29 is 42.3 Å². The van der Waals surface area contributed by atoms with Gasteiger partial charge < -0.3 is 25.9 Å². The lowest BCUT2D eigenvalue weighted by Crippen LogP contribution is -2.71. The number of anilines is 1. The largest absolute Gasteiger partial charge is 0.477 e. The van der Waals surface area contributed by atoms with Crippen LogP contribution in [0.1, 0.15) is 26.0 Å². The van der Waals surface area contributed by atoms with Crippen molar-refractivity contribution in [2.75, 3.05) is 31.2 Å². The Bertz CT molecular complexity index is 1320. The first-order valence-electron chi connectivity index (χ1n) is 12.0. The van der Waals surface area contributed by atoms with Crippen LogP contribution >= 0.6 is 23.1 Å². The lowest BCUT2D eigenvalue weighted by molar-refractivity contribution is -0.156. The number of oxime groups is 1. The number of alkyl halides is 3. The molecule has 0 saturated carbocycles. The predicted molar refractivity (Wildman–Crippen MR) is 139 cm³/mol. The van der Waals surface area contributed by atoms with Gasteiger partial charge in [-0.15, -0.1) is 23.1 Å². The number of hydrogen-bond donors (Lipinski definition) is 3. The van der Waals surface area contributed by atoms with Crippen molar-refractivity contribution in [2.45, 2.75) is 37.9 Å². The molecule has 216 valence electrons. The number of nitrogens with one attached hydrogen (secondary N) is 1. The number of carbonyl (C=O) groups is 4. The van der Waals surface area contributed by atoms with Crippen LogP contribution in [0.25, 0.3) is 0 Å². The Kier molecular flexibility index (Phi) is 8.44. The smallest absolute Gasteiger partial charge is 0.406 e. The number of thiazole rings is 1. The third kappa shape index (κ3) is 6.24. The first kappa shape index (κ1) is 29.4. The van der Waals surface area contributed by atoms with E-state index in [1.54, 1.807) is 0 Å². The van der Waals surface area contributed by atoms with Crippen LogP contribution in [0.2, 0.25) is 0 Å². The minimum atomic E-state index is -4.56. The zero-order valence-electron chi connectivity index (χ0n) is 21.2. The fourth-order valence-corrected chi connectivity index (χ4v) is 6.05. The molecular formula is C23H25F3N6O6S2. The summed E-state index contributed by atoms with van der Waals surface area (Å²) in [5.41, 5.74) is 5.37. The average Bonchev–Trinajstić information content (AvgIpc) is 3.44. The number of thioether (sulfide) groups is 1. The molecule has 12 nitrogen and oxygen atoms in total.